The highest BCUT2D eigenvalue weighted by atomic mass is 16.6. The second kappa shape index (κ2) is 12.8. The predicted octanol–water partition coefficient (Wildman–Crippen LogP) is 4.72. The molecule has 244 valence electrons. The van der Waals surface area contributed by atoms with Crippen LogP contribution in [0.15, 0.2) is 0 Å². The average Bonchev–Trinajstić information content (AvgIpc) is 3.28. The van der Waals surface area contributed by atoms with Gasteiger partial charge in [0.2, 0.25) is 5.60 Å². The lowest BCUT2D eigenvalue weighted by Crippen LogP contribution is -2.56. The molecule has 0 heterocycles. The van der Waals surface area contributed by atoms with Gasteiger partial charge in [0.25, 0.3) is 0 Å². The summed E-state index contributed by atoms with van der Waals surface area (Å²) in [5.41, 5.74) is -1.81. The van der Waals surface area contributed by atoms with E-state index in [1.165, 1.54) is 33.1 Å². The lowest BCUT2D eigenvalue weighted by Gasteiger charge is -2.62. The van der Waals surface area contributed by atoms with E-state index in [2.05, 4.69) is 13.8 Å². The summed E-state index contributed by atoms with van der Waals surface area (Å²) in [6, 6.07) is 0. The molecule has 0 saturated heterocycles. The first-order chi connectivity index (χ1) is 20.0. The van der Waals surface area contributed by atoms with Crippen molar-refractivity contribution in [2.45, 2.75) is 117 Å². The van der Waals surface area contributed by atoms with Crippen LogP contribution in [0.1, 0.15) is 106 Å². The van der Waals surface area contributed by atoms with Crippen molar-refractivity contribution in [1.29, 1.82) is 0 Å². The van der Waals surface area contributed by atoms with Crippen LogP contribution in [-0.2, 0) is 33.4 Å². The quantitative estimate of drug-likeness (QED) is 0.264. The van der Waals surface area contributed by atoms with Crippen LogP contribution in [0.2, 0.25) is 0 Å². The molecule has 0 aliphatic heterocycles. The molecule has 0 aromatic carbocycles. The molecule has 0 spiro atoms. The number of hydrogen-bond acceptors (Lipinski definition) is 9. The first kappa shape index (κ1) is 33.9. The highest BCUT2D eigenvalue weighted by Crippen LogP contribution is 2.68. The van der Waals surface area contributed by atoms with Gasteiger partial charge in [-0.1, -0.05) is 13.8 Å². The standard InChI is InChI=1S/C34H55NO8/c1-22(37)25-11-12-26-24-10-9-23-19-32(4,15-16-33(23,5)27(24)13-14-34(25,26)6)43-29(39)21-41-30(40)31(2,3)42-28(38)20-35(7)17-8-18-36/h23-27,36H,8-21H2,1-7H3/t23-,24-,25+,26-,27-,32+,33-,34+/m0/s1. The van der Waals surface area contributed by atoms with E-state index in [1.54, 1.807) is 18.9 Å². The molecule has 4 aliphatic rings. The van der Waals surface area contributed by atoms with E-state index >= 15 is 0 Å². The Balaban J connectivity index is 1.28. The van der Waals surface area contributed by atoms with E-state index < -0.39 is 35.7 Å². The monoisotopic (exact) mass is 605 g/mol. The highest BCUT2D eigenvalue weighted by Gasteiger charge is 2.62. The fourth-order valence-electron chi connectivity index (χ4n) is 9.78. The molecule has 0 aromatic rings. The summed E-state index contributed by atoms with van der Waals surface area (Å²) in [6.07, 6.45) is 9.93. The second-order valence-corrected chi connectivity index (χ2v) is 15.4. The molecule has 0 aromatic heterocycles. The Bertz CT molecular complexity index is 1070. The van der Waals surface area contributed by atoms with Gasteiger partial charge in [0, 0.05) is 19.1 Å². The molecular formula is C34H55NO8. The number of esters is 3. The number of fused-ring (bicyclic) bond motifs is 5. The molecule has 0 amide bonds. The number of carbonyl (C=O) groups is 4. The molecular weight excluding hydrogens is 550 g/mol. The predicted molar refractivity (Wildman–Crippen MR) is 161 cm³/mol. The molecule has 9 heteroatoms. The summed E-state index contributed by atoms with van der Waals surface area (Å²) >= 11 is 0. The van der Waals surface area contributed by atoms with Gasteiger partial charge in [-0.15, -0.1) is 0 Å². The molecule has 1 N–H and O–H groups in total. The minimum absolute atomic E-state index is 0.0246. The number of ketones is 1. The Labute approximate surface area is 257 Å². The number of hydrogen-bond donors (Lipinski definition) is 1. The first-order valence-electron chi connectivity index (χ1n) is 16.5. The minimum atomic E-state index is -1.55. The molecule has 4 saturated carbocycles. The fraction of sp³-hybridized carbons (Fsp3) is 0.882. The van der Waals surface area contributed by atoms with Gasteiger partial charge in [0.1, 0.15) is 11.4 Å². The first-order valence-corrected chi connectivity index (χ1v) is 16.5. The third-order valence-corrected chi connectivity index (χ3v) is 12.1. The van der Waals surface area contributed by atoms with Gasteiger partial charge in [-0.05, 0) is 133 Å². The maximum Gasteiger partial charge on any atom is 0.350 e. The summed E-state index contributed by atoms with van der Waals surface area (Å²) in [5.74, 6) is 1.02. The van der Waals surface area contributed by atoms with Gasteiger partial charge in [0.15, 0.2) is 6.61 Å². The Morgan fingerprint density at radius 1 is 0.907 bits per heavy atom. The van der Waals surface area contributed by atoms with Crippen LogP contribution >= 0.6 is 0 Å². The molecule has 43 heavy (non-hydrogen) atoms. The topological polar surface area (TPSA) is 119 Å². The lowest BCUT2D eigenvalue weighted by atomic mass is 9.44. The van der Waals surface area contributed by atoms with E-state index in [0.717, 1.165) is 38.5 Å². The van der Waals surface area contributed by atoms with E-state index in [9.17, 15) is 19.2 Å². The number of aliphatic hydroxyl groups is 1. The fourth-order valence-corrected chi connectivity index (χ4v) is 9.78. The number of likely N-dealkylation sites (N-methyl/N-ethyl adjacent to an activating group) is 1. The van der Waals surface area contributed by atoms with Crippen LogP contribution in [0.4, 0.5) is 0 Å². The summed E-state index contributed by atoms with van der Waals surface area (Å²) < 4.78 is 16.5. The van der Waals surface area contributed by atoms with Gasteiger partial charge in [0.05, 0.1) is 6.54 Å². The molecule has 0 unspecified atom stereocenters. The average molecular weight is 606 g/mol. The second-order valence-electron chi connectivity index (χ2n) is 15.4. The van der Waals surface area contributed by atoms with Crippen LogP contribution in [-0.4, -0.2) is 78.3 Å². The third-order valence-electron chi connectivity index (χ3n) is 12.1. The molecule has 4 rings (SSSR count). The van der Waals surface area contributed by atoms with Gasteiger partial charge < -0.3 is 19.3 Å². The van der Waals surface area contributed by atoms with Gasteiger partial charge in [-0.3, -0.25) is 14.5 Å². The smallest absolute Gasteiger partial charge is 0.350 e. The van der Waals surface area contributed by atoms with Gasteiger partial charge in [-0.2, -0.15) is 0 Å². The summed E-state index contributed by atoms with van der Waals surface area (Å²) in [5, 5.41) is 8.94. The normalized spacial score (nSPS) is 37.1. The largest absolute Gasteiger partial charge is 0.457 e. The van der Waals surface area contributed by atoms with Crippen LogP contribution in [0.5, 0.6) is 0 Å². The Morgan fingerprint density at radius 2 is 1.60 bits per heavy atom. The van der Waals surface area contributed by atoms with Crippen molar-refractivity contribution in [3.63, 3.8) is 0 Å². The third kappa shape index (κ3) is 6.98. The number of nitrogens with zero attached hydrogens (tertiary/aromatic N) is 1. The minimum Gasteiger partial charge on any atom is -0.457 e. The van der Waals surface area contributed by atoms with E-state index in [0.29, 0.717) is 42.4 Å². The molecule has 4 fully saturated rings. The molecule has 4 aliphatic carbocycles. The summed E-state index contributed by atoms with van der Waals surface area (Å²) in [7, 11) is 1.73. The number of Topliss-reactive ketones (excluding diaryl/α,β-unsaturated/α-hetero) is 1. The Hall–Kier alpha value is -2.00. The van der Waals surface area contributed by atoms with E-state index in [-0.39, 0.29) is 29.9 Å². The molecule has 0 radical (unpaired) electrons. The number of rotatable bonds is 11. The highest BCUT2D eigenvalue weighted by molar-refractivity contribution is 5.85. The van der Waals surface area contributed by atoms with Crippen molar-refractivity contribution in [3.8, 4) is 0 Å². The maximum atomic E-state index is 12.9. The number of carbonyl (C=O) groups excluding carboxylic acids is 4. The Morgan fingerprint density at radius 3 is 2.28 bits per heavy atom. The van der Waals surface area contributed by atoms with Crippen molar-refractivity contribution < 1.29 is 38.5 Å². The zero-order valence-corrected chi connectivity index (χ0v) is 27.5. The summed E-state index contributed by atoms with van der Waals surface area (Å²) in [4.78, 5) is 52.0. The number of ether oxygens (including phenoxy) is 3. The van der Waals surface area contributed by atoms with Crippen molar-refractivity contribution >= 4 is 23.7 Å². The van der Waals surface area contributed by atoms with Crippen molar-refractivity contribution in [1.82, 2.24) is 4.90 Å². The summed E-state index contributed by atoms with van der Waals surface area (Å²) in [6.45, 7) is 11.5. The van der Waals surface area contributed by atoms with Gasteiger partial charge in [-0.25, -0.2) is 9.59 Å². The molecule has 8 atom stereocenters. The SMILES string of the molecule is CC(=O)[C@H]1CC[C@H]2[C@@H]3CC[C@H]4C[C@](C)(OC(=O)COC(=O)C(C)(C)OC(=O)CN(C)CCCO)CC[C@]4(C)[C@H]3CC[C@]12C. The maximum absolute atomic E-state index is 12.9. The van der Waals surface area contributed by atoms with Crippen molar-refractivity contribution in [3.05, 3.63) is 0 Å². The zero-order chi connectivity index (χ0) is 31.8. The zero-order valence-electron chi connectivity index (χ0n) is 27.5. The van der Waals surface area contributed by atoms with Crippen LogP contribution < -0.4 is 0 Å². The van der Waals surface area contributed by atoms with Crippen LogP contribution in [0, 0.1) is 40.4 Å². The Kier molecular flexibility index (Phi) is 10.1. The molecule has 9 nitrogen and oxygen atoms in total. The van der Waals surface area contributed by atoms with Gasteiger partial charge >= 0.3 is 17.9 Å². The van der Waals surface area contributed by atoms with Crippen molar-refractivity contribution in [2.24, 2.45) is 40.4 Å². The van der Waals surface area contributed by atoms with Crippen LogP contribution in [0.3, 0.4) is 0 Å². The van der Waals surface area contributed by atoms with Crippen molar-refractivity contribution in [2.75, 3.05) is 33.4 Å². The molecule has 0 bridgehead atoms. The number of aliphatic hydroxyl groups excluding tert-OH is 1. The van der Waals surface area contributed by atoms with E-state index in [4.69, 9.17) is 19.3 Å². The van der Waals surface area contributed by atoms with E-state index in [1.807, 2.05) is 6.92 Å². The lowest BCUT2D eigenvalue weighted by molar-refractivity contribution is -0.191. The van der Waals surface area contributed by atoms with Crippen LogP contribution in [0.25, 0.3) is 0 Å².